The Hall–Kier alpha value is -2.20. The van der Waals surface area contributed by atoms with Crippen molar-refractivity contribution in [3.8, 4) is 17.2 Å². The molecule has 0 spiro atoms. The van der Waals surface area contributed by atoms with Gasteiger partial charge in [0.15, 0.2) is 0 Å². The molecule has 2 aromatic carbocycles. The Bertz CT molecular complexity index is 567. The number of methoxy groups -OCH3 is 1. The van der Waals surface area contributed by atoms with Gasteiger partial charge in [0, 0.05) is 18.2 Å². The van der Waals surface area contributed by atoms with Crippen LogP contribution in [-0.2, 0) is 13.2 Å². The maximum atomic E-state index is 9.29. The lowest BCUT2D eigenvalue weighted by molar-refractivity contribution is 0.299. The molecule has 0 aliphatic carbocycles. The summed E-state index contributed by atoms with van der Waals surface area (Å²) in [6.45, 7) is 4.18. The SMILES string of the molecule is CCNCc1ccc(OC)cc1OCc1ccc(O)cc1. The second-order valence-electron chi connectivity index (χ2n) is 4.71. The first-order valence-corrected chi connectivity index (χ1v) is 7.01. The summed E-state index contributed by atoms with van der Waals surface area (Å²) in [5.74, 6) is 1.84. The minimum atomic E-state index is 0.257. The summed E-state index contributed by atoms with van der Waals surface area (Å²) >= 11 is 0. The third-order valence-electron chi connectivity index (χ3n) is 3.17. The Morgan fingerprint density at radius 2 is 1.86 bits per heavy atom. The molecular formula is C17H21NO3. The average molecular weight is 287 g/mol. The van der Waals surface area contributed by atoms with Crippen LogP contribution in [0.25, 0.3) is 0 Å². The van der Waals surface area contributed by atoms with Gasteiger partial charge in [-0.15, -0.1) is 0 Å². The molecule has 4 heteroatoms. The summed E-state index contributed by atoms with van der Waals surface area (Å²) in [5.41, 5.74) is 2.10. The minimum absolute atomic E-state index is 0.257. The maximum absolute atomic E-state index is 9.29. The zero-order valence-electron chi connectivity index (χ0n) is 12.4. The van der Waals surface area contributed by atoms with Crippen LogP contribution in [0.1, 0.15) is 18.1 Å². The first kappa shape index (κ1) is 15.2. The van der Waals surface area contributed by atoms with E-state index in [0.29, 0.717) is 6.61 Å². The Balaban J connectivity index is 2.10. The van der Waals surface area contributed by atoms with Crippen LogP contribution in [0, 0.1) is 0 Å². The van der Waals surface area contributed by atoms with Crippen LogP contribution in [0.2, 0.25) is 0 Å². The van der Waals surface area contributed by atoms with Gasteiger partial charge in [-0.2, -0.15) is 0 Å². The third-order valence-corrected chi connectivity index (χ3v) is 3.17. The van der Waals surface area contributed by atoms with Crippen molar-refractivity contribution in [1.82, 2.24) is 5.32 Å². The van der Waals surface area contributed by atoms with Crippen LogP contribution in [0.4, 0.5) is 0 Å². The molecule has 0 heterocycles. The van der Waals surface area contributed by atoms with Gasteiger partial charge in [-0.25, -0.2) is 0 Å². The fourth-order valence-electron chi connectivity index (χ4n) is 1.96. The first-order chi connectivity index (χ1) is 10.2. The molecule has 0 aliphatic heterocycles. The molecule has 2 N–H and O–H groups in total. The first-order valence-electron chi connectivity index (χ1n) is 7.01. The zero-order chi connectivity index (χ0) is 15.1. The third kappa shape index (κ3) is 4.39. The monoisotopic (exact) mass is 287 g/mol. The van der Waals surface area contributed by atoms with E-state index in [1.54, 1.807) is 19.2 Å². The minimum Gasteiger partial charge on any atom is -0.508 e. The molecule has 0 saturated heterocycles. The van der Waals surface area contributed by atoms with E-state index in [-0.39, 0.29) is 5.75 Å². The van der Waals surface area contributed by atoms with E-state index in [2.05, 4.69) is 12.2 Å². The maximum Gasteiger partial charge on any atom is 0.127 e. The standard InChI is InChI=1S/C17H21NO3/c1-3-18-11-14-6-9-16(20-2)10-17(14)21-12-13-4-7-15(19)8-5-13/h4-10,18-19H,3,11-12H2,1-2H3. The molecule has 112 valence electrons. The van der Waals surface area contributed by atoms with Gasteiger partial charge in [0.05, 0.1) is 7.11 Å². The van der Waals surface area contributed by atoms with E-state index in [1.807, 2.05) is 30.3 Å². The van der Waals surface area contributed by atoms with Gasteiger partial charge in [0.25, 0.3) is 0 Å². The summed E-state index contributed by atoms with van der Waals surface area (Å²) in [7, 11) is 1.64. The molecule has 0 atom stereocenters. The molecular weight excluding hydrogens is 266 g/mol. The fraction of sp³-hybridized carbons (Fsp3) is 0.294. The van der Waals surface area contributed by atoms with Crippen molar-refractivity contribution >= 4 is 0 Å². The molecule has 0 bridgehead atoms. The van der Waals surface area contributed by atoms with Crippen molar-refractivity contribution in [2.24, 2.45) is 0 Å². The number of aromatic hydroxyl groups is 1. The Labute approximate surface area is 125 Å². The summed E-state index contributed by atoms with van der Waals surface area (Å²) in [5, 5.41) is 12.6. The van der Waals surface area contributed by atoms with E-state index >= 15 is 0 Å². The lowest BCUT2D eigenvalue weighted by Gasteiger charge is -2.13. The van der Waals surface area contributed by atoms with Crippen LogP contribution in [0.5, 0.6) is 17.2 Å². The van der Waals surface area contributed by atoms with Crippen LogP contribution in [-0.4, -0.2) is 18.8 Å². The van der Waals surface area contributed by atoms with Crippen LogP contribution < -0.4 is 14.8 Å². The predicted molar refractivity (Wildman–Crippen MR) is 82.8 cm³/mol. The Kier molecular flexibility index (Phi) is 5.46. The number of ether oxygens (including phenoxy) is 2. The van der Waals surface area contributed by atoms with Gasteiger partial charge < -0.3 is 19.9 Å². The molecule has 0 aliphatic rings. The zero-order valence-corrected chi connectivity index (χ0v) is 12.4. The van der Waals surface area contributed by atoms with Crippen molar-refractivity contribution in [3.05, 3.63) is 53.6 Å². The van der Waals surface area contributed by atoms with Crippen molar-refractivity contribution < 1.29 is 14.6 Å². The molecule has 0 amide bonds. The molecule has 2 rings (SSSR count). The molecule has 21 heavy (non-hydrogen) atoms. The average Bonchev–Trinajstić information content (AvgIpc) is 2.52. The van der Waals surface area contributed by atoms with Gasteiger partial charge in [0.1, 0.15) is 23.9 Å². The van der Waals surface area contributed by atoms with Gasteiger partial charge in [0.2, 0.25) is 0 Å². The number of hydrogen-bond acceptors (Lipinski definition) is 4. The number of benzene rings is 2. The van der Waals surface area contributed by atoms with E-state index in [0.717, 1.165) is 35.7 Å². The molecule has 0 fully saturated rings. The Morgan fingerprint density at radius 1 is 1.10 bits per heavy atom. The lowest BCUT2D eigenvalue weighted by atomic mass is 10.2. The number of hydrogen-bond donors (Lipinski definition) is 2. The lowest BCUT2D eigenvalue weighted by Crippen LogP contribution is -2.13. The molecule has 0 saturated carbocycles. The van der Waals surface area contributed by atoms with E-state index < -0.39 is 0 Å². The topological polar surface area (TPSA) is 50.7 Å². The number of phenolic OH excluding ortho intramolecular Hbond substituents is 1. The van der Waals surface area contributed by atoms with Crippen molar-refractivity contribution in [2.75, 3.05) is 13.7 Å². The van der Waals surface area contributed by atoms with Crippen LogP contribution >= 0.6 is 0 Å². The van der Waals surface area contributed by atoms with Crippen LogP contribution in [0.15, 0.2) is 42.5 Å². The van der Waals surface area contributed by atoms with Gasteiger partial charge >= 0.3 is 0 Å². The number of rotatable bonds is 7. The predicted octanol–water partition coefficient (Wildman–Crippen LogP) is 3.09. The summed E-state index contributed by atoms with van der Waals surface area (Å²) in [6, 6.07) is 12.8. The van der Waals surface area contributed by atoms with Crippen LogP contribution in [0.3, 0.4) is 0 Å². The highest BCUT2D eigenvalue weighted by molar-refractivity contribution is 5.41. The van der Waals surface area contributed by atoms with E-state index in [9.17, 15) is 5.11 Å². The quantitative estimate of drug-likeness (QED) is 0.821. The van der Waals surface area contributed by atoms with Gasteiger partial charge in [-0.05, 0) is 30.3 Å². The van der Waals surface area contributed by atoms with Crippen molar-refractivity contribution in [2.45, 2.75) is 20.1 Å². The number of nitrogens with one attached hydrogen (secondary N) is 1. The summed E-state index contributed by atoms with van der Waals surface area (Å²) in [4.78, 5) is 0. The molecule has 4 nitrogen and oxygen atoms in total. The fourth-order valence-corrected chi connectivity index (χ4v) is 1.96. The highest BCUT2D eigenvalue weighted by atomic mass is 16.5. The van der Waals surface area contributed by atoms with E-state index in [1.165, 1.54) is 0 Å². The normalized spacial score (nSPS) is 10.4. The molecule has 0 unspecified atom stereocenters. The smallest absolute Gasteiger partial charge is 0.127 e. The van der Waals surface area contributed by atoms with Crippen molar-refractivity contribution in [1.29, 1.82) is 0 Å². The molecule has 0 radical (unpaired) electrons. The summed E-state index contributed by atoms with van der Waals surface area (Å²) in [6.07, 6.45) is 0. The number of phenols is 1. The van der Waals surface area contributed by atoms with E-state index in [4.69, 9.17) is 9.47 Å². The van der Waals surface area contributed by atoms with Crippen molar-refractivity contribution in [3.63, 3.8) is 0 Å². The van der Waals surface area contributed by atoms with Gasteiger partial charge in [-0.3, -0.25) is 0 Å². The molecule has 2 aromatic rings. The highest BCUT2D eigenvalue weighted by Crippen LogP contribution is 2.26. The Morgan fingerprint density at radius 3 is 2.52 bits per heavy atom. The second kappa shape index (κ2) is 7.55. The highest BCUT2D eigenvalue weighted by Gasteiger charge is 2.06. The van der Waals surface area contributed by atoms with Gasteiger partial charge in [-0.1, -0.05) is 25.1 Å². The summed E-state index contributed by atoms with van der Waals surface area (Å²) < 4.78 is 11.1. The largest absolute Gasteiger partial charge is 0.508 e. The second-order valence-corrected chi connectivity index (χ2v) is 4.71. The molecule has 0 aromatic heterocycles.